The summed E-state index contributed by atoms with van der Waals surface area (Å²) in [5, 5.41) is 11.3. The Balaban J connectivity index is 3.80. The minimum Gasteiger partial charge on any atom is -0.272 e. The molecule has 6 heteroatoms. The van der Waals surface area contributed by atoms with Crippen molar-refractivity contribution in [3.05, 3.63) is 0 Å². The first-order valence-corrected chi connectivity index (χ1v) is 6.54. The number of hydrogen-bond acceptors (Lipinski definition) is 4. The molecule has 0 radical (unpaired) electrons. The van der Waals surface area contributed by atoms with Gasteiger partial charge >= 0.3 is 0 Å². The number of nitrogens with one attached hydrogen (secondary N) is 1. The Morgan fingerprint density at radius 1 is 1.77 bits per heavy atom. The Morgan fingerprint density at radius 3 is 2.92 bits per heavy atom. The molecule has 1 unspecified atom stereocenters. The molecule has 0 saturated heterocycles. The van der Waals surface area contributed by atoms with E-state index in [2.05, 4.69) is 10.3 Å². The zero-order chi connectivity index (χ0) is 10.1. The standard InChI is InChI=1S/C7H13N3OS2/c1-3-13(11)5-4-9-7(12-2)10-6-8/h3-5H2,1-2H3,(H,9,10). The fraction of sp³-hybridized carbons (Fsp3) is 0.714. The van der Waals surface area contributed by atoms with Crippen LogP contribution >= 0.6 is 11.8 Å². The average molecular weight is 219 g/mol. The van der Waals surface area contributed by atoms with Crippen LogP contribution in [0.5, 0.6) is 0 Å². The minimum absolute atomic E-state index is 0.505. The lowest BCUT2D eigenvalue weighted by atomic mass is 10.8. The van der Waals surface area contributed by atoms with Crippen LogP contribution in [0.25, 0.3) is 0 Å². The van der Waals surface area contributed by atoms with Gasteiger partial charge in [0.25, 0.3) is 0 Å². The Bertz CT molecular complexity index is 234. The molecule has 0 heterocycles. The van der Waals surface area contributed by atoms with E-state index in [1.54, 1.807) is 6.19 Å². The van der Waals surface area contributed by atoms with Gasteiger partial charge in [-0.1, -0.05) is 18.7 Å². The number of amidine groups is 1. The van der Waals surface area contributed by atoms with E-state index in [1.165, 1.54) is 11.8 Å². The first kappa shape index (κ1) is 12.5. The molecule has 0 aromatic carbocycles. The van der Waals surface area contributed by atoms with E-state index < -0.39 is 10.8 Å². The second-order valence-electron chi connectivity index (χ2n) is 2.06. The number of hydrogen-bond donors (Lipinski definition) is 1. The highest BCUT2D eigenvalue weighted by atomic mass is 32.2. The summed E-state index contributed by atoms with van der Waals surface area (Å²) in [7, 11) is -0.776. The van der Waals surface area contributed by atoms with Crippen LogP contribution in [0, 0.1) is 11.5 Å². The van der Waals surface area contributed by atoms with Gasteiger partial charge in [0, 0.05) is 22.3 Å². The van der Waals surface area contributed by atoms with E-state index in [1.807, 2.05) is 13.2 Å². The zero-order valence-electron chi connectivity index (χ0n) is 7.74. The number of aliphatic imine (C=N–C) groups is 1. The van der Waals surface area contributed by atoms with Crippen molar-refractivity contribution >= 4 is 27.7 Å². The number of rotatable bonds is 4. The lowest BCUT2D eigenvalue weighted by Gasteiger charge is -1.98. The molecule has 1 N–H and O–H groups in total. The quantitative estimate of drug-likeness (QED) is 0.324. The van der Waals surface area contributed by atoms with Gasteiger partial charge in [-0.2, -0.15) is 5.26 Å². The predicted molar refractivity (Wildman–Crippen MR) is 58.1 cm³/mol. The van der Waals surface area contributed by atoms with Gasteiger partial charge < -0.3 is 0 Å². The number of thioether (sulfide) groups is 1. The summed E-state index contributed by atoms with van der Waals surface area (Å²) in [5.74, 6) is 1.23. The topological polar surface area (TPSA) is 65.2 Å². The van der Waals surface area contributed by atoms with E-state index in [9.17, 15) is 4.21 Å². The van der Waals surface area contributed by atoms with E-state index >= 15 is 0 Å². The molecule has 0 aromatic heterocycles. The smallest absolute Gasteiger partial charge is 0.183 e. The molecule has 13 heavy (non-hydrogen) atoms. The molecule has 0 spiro atoms. The predicted octanol–water partition coefficient (Wildman–Crippen LogP) is 0.545. The molecule has 0 aliphatic rings. The first-order chi connectivity index (χ1) is 6.24. The van der Waals surface area contributed by atoms with Crippen LogP contribution in [0.4, 0.5) is 0 Å². The zero-order valence-corrected chi connectivity index (χ0v) is 9.37. The van der Waals surface area contributed by atoms with Gasteiger partial charge in [0.15, 0.2) is 11.4 Å². The third kappa shape index (κ3) is 6.61. The van der Waals surface area contributed by atoms with E-state index in [4.69, 9.17) is 5.26 Å². The fourth-order valence-corrected chi connectivity index (χ4v) is 1.55. The largest absolute Gasteiger partial charge is 0.272 e. The first-order valence-electron chi connectivity index (χ1n) is 3.83. The van der Waals surface area contributed by atoms with Gasteiger partial charge in [0.2, 0.25) is 0 Å². The summed E-state index contributed by atoms with van der Waals surface area (Å²) in [6, 6.07) is 0. The molecule has 0 amide bonds. The molecule has 0 saturated carbocycles. The Morgan fingerprint density at radius 2 is 2.46 bits per heavy atom. The molecule has 0 aliphatic heterocycles. The SMILES string of the molecule is CCS(=O)CCN=C(NC#N)SC. The van der Waals surface area contributed by atoms with Crippen LogP contribution in [0.15, 0.2) is 4.99 Å². The van der Waals surface area contributed by atoms with Crippen molar-refractivity contribution in [1.29, 1.82) is 5.26 Å². The van der Waals surface area contributed by atoms with Gasteiger partial charge in [-0.3, -0.25) is 14.5 Å². The van der Waals surface area contributed by atoms with Crippen molar-refractivity contribution in [2.45, 2.75) is 6.92 Å². The second-order valence-corrected chi connectivity index (χ2v) is 4.72. The Kier molecular flexibility index (Phi) is 7.74. The summed E-state index contributed by atoms with van der Waals surface area (Å²) >= 11 is 1.37. The van der Waals surface area contributed by atoms with Crippen molar-refractivity contribution < 1.29 is 4.21 Å². The monoisotopic (exact) mass is 219 g/mol. The number of nitrogens with zero attached hydrogens (tertiary/aromatic N) is 2. The summed E-state index contributed by atoms with van der Waals surface area (Å²) in [6.07, 6.45) is 3.63. The molecule has 0 aliphatic carbocycles. The van der Waals surface area contributed by atoms with Crippen molar-refractivity contribution in [1.82, 2.24) is 5.32 Å². The van der Waals surface area contributed by atoms with Crippen LogP contribution in [0.2, 0.25) is 0 Å². The van der Waals surface area contributed by atoms with Crippen molar-refractivity contribution in [3.63, 3.8) is 0 Å². The lowest BCUT2D eigenvalue weighted by molar-refractivity contribution is 0.683. The van der Waals surface area contributed by atoms with Gasteiger partial charge in [0.1, 0.15) is 0 Å². The van der Waals surface area contributed by atoms with E-state index in [-0.39, 0.29) is 0 Å². The normalized spacial score (nSPS) is 13.5. The van der Waals surface area contributed by atoms with Crippen molar-refractivity contribution in [2.24, 2.45) is 4.99 Å². The maximum absolute atomic E-state index is 11.0. The average Bonchev–Trinajstić information content (AvgIpc) is 2.16. The fourth-order valence-electron chi connectivity index (χ4n) is 0.596. The van der Waals surface area contributed by atoms with Gasteiger partial charge in [-0.05, 0) is 6.26 Å². The molecular formula is C7H13N3OS2. The van der Waals surface area contributed by atoms with Crippen molar-refractivity contribution in [3.8, 4) is 6.19 Å². The third-order valence-corrected chi connectivity index (χ3v) is 3.15. The molecule has 0 rings (SSSR count). The van der Waals surface area contributed by atoms with Crippen LogP contribution in [0.3, 0.4) is 0 Å². The van der Waals surface area contributed by atoms with Crippen molar-refractivity contribution in [2.75, 3.05) is 24.3 Å². The highest BCUT2D eigenvalue weighted by molar-refractivity contribution is 8.13. The number of nitriles is 1. The second kappa shape index (κ2) is 8.08. The van der Waals surface area contributed by atoms with Crippen LogP contribution in [0.1, 0.15) is 6.92 Å². The van der Waals surface area contributed by atoms with Crippen LogP contribution in [-0.4, -0.2) is 33.7 Å². The van der Waals surface area contributed by atoms with Crippen LogP contribution < -0.4 is 5.32 Å². The van der Waals surface area contributed by atoms with Crippen LogP contribution in [-0.2, 0) is 10.8 Å². The Hall–Kier alpha value is -0.540. The third-order valence-electron chi connectivity index (χ3n) is 1.25. The molecule has 1 atom stereocenters. The summed E-state index contributed by atoms with van der Waals surface area (Å²) in [6.45, 7) is 2.38. The van der Waals surface area contributed by atoms with Gasteiger partial charge in [0.05, 0.1) is 6.54 Å². The molecular weight excluding hydrogens is 206 g/mol. The molecule has 74 valence electrons. The van der Waals surface area contributed by atoms with E-state index in [0.717, 1.165) is 0 Å². The lowest BCUT2D eigenvalue weighted by Crippen LogP contribution is -2.15. The maximum atomic E-state index is 11.0. The summed E-state index contributed by atoms with van der Waals surface area (Å²) in [4.78, 5) is 4.07. The van der Waals surface area contributed by atoms with Gasteiger partial charge in [-0.25, -0.2) is 0 Å². The summed E-state index contributed by atoms with van der Waals surface area (Å²) in [5.41, 5.74) is 0. The molecule has 0 fully saturated rings. The molecule has 4 nitrogen and oxygen atoms in total. The summed E-state index contributed by atoms with van der Waals surface area (Å²) < 4.78 is 11.0. The molecule has 0 bridgehead atoms. The van der Waals surface area contributed by atoms with E-state index in [0.29, 0.717) is 23.2 Å². The minimum atomic E-state index is -0.776. The highest BCUT2D eigenvalue weighted by Crippen LogP contribution is 1.94. The highest BCUT2D eigenvalue weighted by Gasteiger charge is 1.96. The molecule has 0 aromatic rings. The Labute approximate surface area is 85.3 Å². The maximum Gasteiger partial charge on any atom is 0.183 e. The van der Waals surface area contributed by atoms with Gasteiger partial charge in [-0.15, -0.1) is 0 Å².